The van der Waals surface area contributed by atoms with E-state index in [2.05, 4.69) is 20.0 Å². The van der Waals surface area contributed by atoms with Gasteiger partial charge in [0.2, 0.25) is 16.0 Å². The number of ether oxygens (including phenoxy) is 2. The van der Waals surface area contributed by atoms with Crippen LogP contribution in [0.3, 0.4) is 0 Å². The van der Waals surface area contributed by atoms with E-state index in [1.165, 1.54) is 54.7 Å². The molecule has 1 atom stereocenters. The number of benzene rings is 2. The molecule has 13 nitrogen and oxygen atoms in total. The highest BCUT2D eigenvalue weighted by Crippen LogP contribution is 2.38. The number of rotatable bonds is 10. The highest BCUT2D eigenvalue weighted by atomic mass is 35.5. The van der Waals surface area contributed by atoms with Gasteiger partial charge in [-0.3, -0.25) is 14.0 Å². The summed E-state index contributed by atoms with van der Waals surface area (Å²) >= 11 is 6.02. The highest BCUT2D eigenvalue weighted by molar-refractivity contribution is 7.92. The van der Waals surface area contributed by atoms with Crippen LogP contribution in [-0.4, -0.2) is 72.7 Å². The van der Waals surface area contributed by atoms with E-state index in [1.54, 1.807) is 25.2 Å². The molecule has 4 aromatic rings. The summed E-state index contributed by atoms with van der Waals surface area (Å²) in [6.45, 7) is 1.47. The van der Waals surface area contributed by atoms with Crippen molar-refractivity contribution in [3.05, 3.63) is 58.7 Å². The van der Waals surface area contributed by atoms with Gasteiger partial charge >= 0.3 is 0 Å². The molecular weight excluding hydrogens is 584 g/mol. The largest absolute Gasteiger partial charge is 0.494 e. The van der Waals surface area contributed by atoms with E-state index in [-0.39, 0.29) is 44.4 Å². The third kappa shape index (κ3) is 5.63. The van der Waals surface area contributed by atoms with Crippen LogP contribution in [0, 0.1) is 0 Å². The van der Waals surface area contributed by atoms with E-state index < -0.39 is 26.0 Å². The summed E-state index contributed by atoms with van der Waals surface area (Å²) in [6, 6.07) is 10.7. The fraction of sp³-hybridized carbons (Fsp3) is 0.292. The minimum atomic E-state index is -3.77. The average Bonchev–Trinajstić information content (AvgIpc) is 3.49. The molecule has 0 radical (unpaired) electrons. The van der Waals surface area contributed by atoms with Gasteiger partial charge in [-0.05, 0) is 37.3 Å². The first kappa shape index (κ1) is 29.3. The predicted molar refractivity (Wildman–Crippen MR) is 148 cm³/mol. The van der Waals surface area contributed by atoms with E-state index in [4.69, 9.17) is 21.1 Å². The Morgan fingerprint density at radius 2 is 1.70 bits per heavy atom. The predicted octanol–water partition coefficient (Wildman–Crippen LogP) is 2.59. The Balaban J connectivity index is 1.93. The van der Waals surface area contributed by atoms with Crippen molar-refractivity contribution in [2.24, 2.45) is 7.05 Å². The number of anilines is 1. The molecule has 0 amide bonds. The topological polar surface area (TPSA) is 168 Å². The maximum Gasteiger partial charge on any atom is 0.243 e. The first-order valence-electron chi connectivity index (χ1n) is 11.7. The molecule has 0 bridgehead atoms. The van der Waals surface area contributed by atoms with Gasteiger partial charge in [-0.1, -0.05) is 23.7 Å². The van der Waals surface area contributed by atoms with Crippen molar-refractivity contribution in [1.82, 2.24) is 24.5 Å². The lowest BCUT2D eigenvalue weighted by Crippen LogP contribution is -2.18. The zero-order valence-electron chi connectivity index (χ0n) is 22.2. The van der Waals surface area contributed by atoms with Gasteiger partial charge in [0, 0.05) is 23.9 Å². The Kier molecular flexibility index (Phi) is 8.12. The van der Waals surface area contributed by atoms with Crippen LogP contribution in [0.5, 0.6) is 11.5 Å². The van der Waals surface area contributed by atoms with E-state index in [0.717, 1.165) is 6.26 Å². The second-order valence-electron chi connectivity index (χ2n) is 8.63. The fourth-order valence-electron chi connectivity index (χ4n) is 4.05. The highest BCUT2D eigenvalue weighted by Gasteiger charge is 2.28. The first-order valence-corrected chi connectivity index (χ1v) is 15.6. The molecule has 0 unspecified atom stereocenters. The number of nitrogens with zero attached hydrogens (tertiary/aromatic N) is 5. The van der Waals surface area contributed by atoms with Crippen LogP contribution in [0.25, 0.3) is 17.2 Å². The molecule has 0 aliphatic rings. The zero-order valence-corrected chi connectivity index (χ0v) is 24.5. The number of halogens is 1. The van der Waals surface area contributed by atoms with Gasteiger partial charge in [0.05, 0.1) is 30.6 Å². The lowest BCUT2D eigenvalue weighted by atomic mass is 10.1. The zero-order chi connectivity index (χ0) is 29.4. The van der Waals surface area contributed by atoms with Crippen LogP contribution in [0.1, 0.15) is 24.3 Å². The van der Waals surface area contributed by atoms with Gasteiger partial charge in [-0.15, -0.1) is 10.2 Å². The van der Waals surface area contributed by atoms with Crippen LogP contribution in [0.2, 0.25) is 5.02 Å². The first-order chi connectivity index (χ1) is 18.8. The normalized spacial score (nSPS) is 12.8. The molecule has 4 rings (SSSR count). The van der Waals surface area contributed by atoms with Crippen molar-refractivity contribution in [1.29, 1.82) is 0 Å². The number of nitrogens with one attached hydrogen (secondary N) is 1. The average molecular weight is 611 g/mol. The van der Waals surface area contributed by atoms with Crippen LogP contribution < -0.4 is 14.2 Å². The Labute approximate surface area is 236 Å². The minimum Gasteiger partial charge on any atom is -0.494 e. The number of hydrogen-bond donors (Lipinski definition) is 2. The molecule has 0 aliphatic carbocycles. The van der Waals surface area contributed by atoms with Gasteiger partial charge in [-0.25, -0.2) is 16.8 Å². The molecule has 2 aromatic heterocycles. The monoisotopic (exact) mass is 610 g/mol. The Hall–Kier alpha value is -3.66. The summed E-state index contributed by atoms with van der Waals surface area (Å²) in [4.78, 5) is -0.131. The van der Waals surface area contributed by atoms with Crippen molar-refractivity contribution in [3.8, 4) is 28.7 Å². The molecular formula is C24H27ClN6O7S2. The molecule has 16 heteroatoms. The van der Waals surface area contributed by atoms with E-state index in [0.29, 0.717) is 17.2 Å². The standard InChI is InChI=1S/C24H27ClN6O7S2/c1-6-40(35,36)29-24-27-26-23(31(24)21-18(37-3)8-7-9-19(21)38-4)16-13-17(30(2)28-16)22(32)15-11-10-14(25)12-20(15)39(5,33)34/h7-13,22,32H,6H2,1-5H3,(H,27,29)/t22-/m0/s1. The number of sulfone groups is 1. The minimum absolute atomic E-state index is 0.0881. The van der Waals surface area contributed by atoms with Crippen LogP contribution in [0.15, 0.2) is 47.4 Å². The van der Waals surface area contributed by atoms with E-state index in [9.17, 15) is 21.9 Å². The van der Waals surface area contributed by atoms with Crippen molar-refractivity contribution in [2.45, 2.75) is 17.9 Å². The van der Waals surface area contributed by atoms with E-state index >= 15 is 0 Å². The number of aryl methyl sites for hydroxylation is 1. The maximum absolute atomic E-state index is 12.5. The lowest BCUT2D eigenvalue weighted by Gasteiger charge is -2.17. The molecule has 0 spiro atoms. The molecule has 0 aliphatic heterocycles. The number of aliphatic hydroxyl groups is 1. The number of aromatic nitrogens is 5. The summed E-state index contributed by atoms with van der Waals surface area (Å²) < 4.78 is 66.0. The molecule has 2 N–H and O–H groups in total. The molecule has 2 heterocycles. The molecule has 0 fully saturated rings. The van der Waals surface area contributed by atoms with Crippen molar-refractivity contribution in [2.75, 3.05) is 31.0 Å². The summed E-state index contributed by atoms with van der Waals surface area (Å²) in [5.41, 5.74) is 0.810. The Bertz CT molecular complexity index is 1760. The molecule has 2 aromatic carbocycles. The van der Waals surface area contributed by atoms with Gasteiger partial charge in [0.1, 0.15) is 29.0 Å². The van der Waals surface area contributed by atoms with Gasteiger partial charge in [0.15, 0.2) is 15.7 Å². The lowest BCUT2D eigenvalue weighted by molar-refractivity contribution is 0.206. The second kappa shape index (κ2) is 11.1. The second-order valence-corrected chi connectivity index (χ2v) is 13.1. The summed E-state index contributed by atoms with van der Waals surface area (Å²) in [5, 5.41) is 24.2. The van der Waals surface area contributed by atoms with Gasteiger partial charge in [-0.2, -0.15) is 5.10 Å². The van der Waals surface area contributed by atoms with Crippen LogP contribution >= 0.6 is 11.6 Å². The summed E-state index contributed by atoms with van der Waals surface area (Å²) in [7, 11) is -3.06. The summed E-state index contributed by atoms with van der Waals surface area (Å²) in [6.07, 6.45) is -0.394. The summed E-state index contributed by atoms with van der Waals surface area (Å²) in [5.74, 6) is 0.372. The SMILES string of the molecule is CCS(=O)(=O)Nc1nnc(-c2cc([C@@H](O)c3ccc(Cl)cc3S(C)(=O)=O)n(C)n2)n1-c1c(OC)cccc1OC. The fourth-order valence-corrected chi connectivity index (χ4v) is 5.79. The maximum atomic E-state index is 12.5. The van der Waals surface area contributed by atoms with Gasteiger partial charge in [0.25, 0.3) is 0 Å². The Morgan fingerprint density at radius 3 is 2.27 bits per heavy atom. The van der Waals surface area contributed by atoms with E-state index in [1.807, 2.05) is 0 Å². The third-order valence-electron chi connectivity index (χ3n) is 6.01. The molecule has 0 saturated heterocycles. The number of hydrogen-bond acceptors (Lipinski definition) is 10. The van der Waals surface area contributed by atoms with Crippen molar-refractivity contribution in [3.63, 3.8) is 0 Å². The van der Waals surface area contributed by atoms with Crippen LogP contribution in [-0.2, 0) is 26.9 Å². The Morgan fingerprint density at radius 1 is 1.05 bits per heavy atom. The van der Waals surface area contributed by atoms with Crippen LogP contribution in [0.4, 0.5) is 5.95 Å². The number of para-hydroxylation sites is 1. The molecule has 0 saturated carbocycles. The number of methoxy groups -OCH3 is 2. The smallest absolute Gasteiger partial charge is 0.243 e. The van der Waals surface area contributed by atoms with Crippen molar-refractivity contribution < 1.29 is 31.4 Å². The third-order valence-corrected chi connectivity index (χ3v) is 8.65. The molecule has 214 valence electrons. The van der Waals surface area contributed by atoms with Gasteiger partial charge < -0.3 is 14.6 Å². The number of sulfonamides is 1. The molecule has 40 heavy (non-hydrogen) atoms. The quantitative estimate of drug-likeness (QED) is 0.272. The number of aliphatic hydroxyl groups excluding tert-OH is 1. The van der Waals surface area contributed by atoms with Crippen molar-refractivity contribution >= 4 is 37.4 Å².